The summed E-state index contributed by atoms with van der Waals surface area (Å²) in [5, 5.41) is 12.8. The van der Waals surface area contributed by atoms with Crippen molar-refractivity contribution >= 4 is 40.0 Å². The lowest BCUT2D eigenvalue weighted by atomic mass is 9.87. The zero-order valence-electron chi connectivity index (χ0n) is 19.5. The maximum atomic E-state index is 13.0. The third-order valence-electron chi connectivity index (χ3n) is 5.58. The summed E-state index contributed by atoms with van der Waals surface area (Å²) in [7, 11) is 0. The highest BCUT2D eigenvalue weighted by molar-refractivity contribution is 7.99. The van der Waals surface area contributed by atoms with Gasteiger partial charge in [-0.3, -0.25) is 18.6 Å². The molecule has 4 aromatic rings. The average Bonchev–Trinajstić information content (AvgIpc) is 3.21. The van der Waals surface area contributed by atoms with Crippen molar-refractivity contribution in [2.24, 2.45) is 0 Å². The number of rotatable bonds is 7. The number of nitrogens with one attached hydrogen (secondary N) is 1. The number of benzene rings is 2. The largest absolute Gasteiger partial charge is 0.325 e. The molecule has 33 heavy (non-hydrogen) atoms. The molecule has 2 aromatic carbocycles. The number of amides is 1. The van der Waals surface area contributed by atoms with Gasteiger partial charge in [-0.15, -0.1) is 10.2 Å². The van der Waals surface area contributed by atoms with Gasteiger partial charge in [0, 0.05) is 12.2 Å². The minimum Gasteiger partial charge on any atom is -0.325 e. The molecule has 1 amide bonds. The topological polar surface area (TPSA) is 81.3 Å². The minimum absolute atomic E-state index is 0.0630. The summed E-state index contributed by atoms with van der Waals surface area (Å²) in [6, 6.07) is 15.4. The van der Waals surface area contributed by atoms with Gasteiger partial charge in [0.1, 0.15) is 0 Å². The standard InChI is InChI=1S/C25H29N5O2S/c1-5-6-15-29-22(32)19-9-7-8-10-20(19)30-23(29)27-28-24(30)33-16-21(31)26-18-13-11-17(12-14-18)25(2,3)4/h7-14H,5-6,15-16H2,1-4H3,(H,26,31). The summed E-state index contributed by atoms with van der Waals surface area (Å²) in [4.78, 5) is 25.6. The van der Waals surface area contributed by atoms with E-state index in [0.29, 0.717) is 22.9 Å². The first-order chi connectivity index (χ1) is 15.8. The Kier molecular flexibility index (Phi) is 6.56. The molecule has 0 saturated heterocycles. The van der Waals surface area contributed by atoms with Gasteiger partial charge in [0.25, 0.3) is 5.56 Å². The fourth-order valence-electron chi connectivity index (χ4n) is 3.73. The van der Waals surface area contributed by atoms with E-state index in [0.717, 1.165) is 24.0 Å². The Hall–Kier alpha value is -3.13. The van der Waals surface area contributed by atoms with Crippen molar-refractivity contribution < 1.29 is 4.79 Å². The van der Waals surface area contributed by atoms with Gasteiger partial charge in [-0.05, 0) is 41.7 Å². The summed E-state index contributed by atoms with van der Waals surface area (Å²) in [5.41, 5.74) is 2.72. The number of unbranched alkanes of at least 4 members (excludes halogenated alkanes) is 1. The Labute approximate surface area is 197 Å². The van der Waals surface area contributed by atoms with Crippen LogP contribution in [-0.4, -0.2) is 30.8 Å². The first-order valence-corrected chi connectivity index (χ1v) is 12.2. The summed E-state index contributed by atoms with van der Waals surface area (Å²) >= 11 is 1.31. The zero-order chi connectivity index (χ0) is 23.6. The maximum absolute atomic E-state index is 13.0. The molecule has 2 aromatic heterocycles. The number of hydrogen-bond acceptors (Lipinski definition) is 5. The molecule has 0 unspecified atom stereocenters. The molecule has 0 atom stereocenters. The van der Waals surface area contributed by atoms with Crippen LogP contribution in [0, 0.1) is 0 Å². The highest BCUT2D eigenvalue weighted by Gasteiger charge is 2.18. The number of carbonyl (C=O) groups is 1. The molecule has 1 N–H and O–H groups in total. The van der Waals surface area contributed by atoms with Crippen molar-refractivity contribution in [2.75, 3.05) is 11.1 Å². The van der Waals surface area contributed by atoms with Crippen LogP contribution < -0.4 is 10.9 Å². The van der Waals surface area contributed by atoms with Crippen LogP contribution in [0.1, 0.15) is 46.1 Å². The molecule has 0 aliphatic rings. The van der Waals surface area contributed by atoms with Gasteiger partial charge in [0.2, 0.25) is 11.7 Å². The van der Waals surface area contributed by atoms with Crippen molar-refractivity contribution in [2.45, 2.75) is 57.7 Å². The SMILES string of the molecule is CCCCn1c(=O)c2ccccc2n2c(SCC(=O)Nc3ccc(C(C)(C)C)cc3)nnc12. The molecule has 8 heteroatoms. The molecule has 0 aliphatic heterocycles. The van der Waals surface area contributed by atoms with E-state index in [-0.39, 0.29) is 22.6 Å². The number of thioether (sulfide) groups is 1. The summed E-state index contributed by atoms with van der Waals surface area (Å²) in [5.74, 6) is 0.571. The molecule has 0 radical (unpaired) electrons. The van der Waals surface area contributed by atoms with Crippen molar-refractivity contribution in [3.05, 3.63) is 64.4 Å². The van der Waals surface area contributed by atoms with Gasteiger partial charge in [-0.1, -0.05) is 70.1 Å². The van der Waals surface area contributed by atoms with E-state index in [4.69, 9.17) is 0 Å². The van der Waals surface area contributed by atoms with Crippen molar-refractivity contribution in [3.8, 4) is 0 Å². The van der Waals surface area contributed by atoms with Crippen LogP contribution in [0.2, 0.25) is 0 Å². The van der Waals surface area contributed by atoms with Crippen LogP contribution in [0.3, 0.4) is 0 Å². The average molecular weight is 464 g/mol. The van der Waals surface area contributed by atoms with Crippen molar-refractivity contribution in [3.63, 3.8) is 0 Å². The Balaban J connectivity index is 1.57. The molecule has 172 valence electrons. The van der Waals surface area contributed by atoms with Crippen molar-refractivity contribution in [1.29, 1.82) is 0 Å². The van der Waals surface area contributed by atoms with Crippen LogP contribution >= 0.6 is 11.8 Å². The number of para-hydroxylation sites is 1. The quantitative estimate of drug-likeness (QED) is 0.395. The van der Waals surface area contributed by atoms with Gasteiger partial charge in [0.05, 0.1) is 16.7 Å². The molecule has 7 nitrogen and oxygen atoms in total. The summed E-state index contributed by atoms with van der Waals surface area (Å²) in [6.07, 6.45) is 1.84. The number of carbonyl (C=O) groups excluding carboxylic acids is 1. The number of aryl methyl sites for hydroxylation is 1. The van der Waals surface area contributed by atoms with E-state index in [2.05, 4.69) is 43.2 Å². The Morgan fingerprint density at radius 2 is 1.79 bits per heavy atom. The molecule has 0 bridgehead atoms. The molecule has 0 aliphatic carbocycles. The molecular formula is C25H29N5O2S. The lowest BCUT2D eigenvalue weighted by Gasteiger charge is -2.19. The minimum atomic E-state index is -0.121. The number of nitrogens with zero attached hydrogens (tertiary/aromatic N) is 4. The van der Waals surface area contributed by atoms with Gasteiger partial charge in [-0.25, -0.2) is 0 Å². The Morgan fingerprint density at radius 1 is 1.06 bits per heavy atom. The van der Waals surface area contributed by atoms with E-state index in [1.54, 1.807) is 4.57 Å². The molecule has 0 spiro atoms. The van der Waals surface area contributed by atoms with E-state index < -0.39 is 0 Å². The van der Waals surface area contributed by atoms with E-state index in [9.17, 15) is 9.59 Å². The second kappa shape index (κ2) is 9.39. The van der Waals surface area contributed by atoms with Crippen molar-refractivity contribution in [1.82, 2.24) is 19.2 Å². The predicted octanol–water partition coefficient (Wildman–Crippen LogP) is 4.87. The predicted molar refractivity (Wildman–Crippen MR) is 134 cm³/mol. The van der Waals surface area contributed by atoms with Crippen LogP contribution in [0.25, 0.3) is 16.7 Å². The third kappa shape index (κ3) is 4.80. The summed E-state index contributed by atoms with van der Waals surface area (Å²) in [6.45, 7) is 9.14. The van der Waals surface area contributed by atoms with E-state index in [1.165, 1.54) is 17.3 Å². The fourth-order valence-corrected chi connectivity index (χ4v) is 4.47. The normalized spacial score (nSPS) is 11.9. The second-order valence-electron chi connectivity index (χ2n) is 9.11. The van der Waals surface area contributed by atoms with Crippen LogP contribution in [-0.2, 0) is 16.8 Å². The highest BCUT2D eigenvalue weighted by Crippen LogP contribution is 2.24. The lowest BCUT2D eigenvalue weighted by Crippen LogP contribution is -2.23. The highest BCUT2D eigenvalue weighted by atomic mass is 32.2. The first-order valence-electron chi connectivity index (χ1n) is 11.2. The fraction of sp³-hybridized carbons (Fsp3) is 0.360. The smallest absolute Gasteiger partial charge is 0.262 e. The van der Waals surface area contributed by atoms with Crippen LogP contribution in [0.4, 0.5) is 5.69 Å². The lowest BCUT2D eigenvalue weighted by molar-refractivity contribution is -0.113. The number of anilines is 1. The Morgan fingerprint density at radius 3 is 2.48 bits per heavy atom. The molecule has 4 rings (SSSR count). The van der Waals surface area contributed by atoms with Gasteiger partial charge >= 0.3 is 0 Å². The van der Waals surface area contributed by atoms with E-state index >= 15 is 0 Å². The molecule has 0 fully saturated rings. The third-order valence-corrected chi connectivity index (χ3v) is 6.51. The number of hydrogen-bond donors (Lipinski definition) is 1. The number of fused-ring (bicyclic) bond motifs is 3. The van der Waals surface area contributed by atoms with Gasteiger partial charge in [0.15, 0.2) is 5.16 Å². The second-order valence-corrected chi connectivity index (χ2v) is 10.1. The Bertz CT molecular complexity index is 1350. The maximum Gasteiger partial charge on any atom is 0.262 e. The summed E-state index contributed by atoms with van der Waals surface area (Å²) < 4.78 is 3.56. The van der Waals surface area contributed by atoms with E-state index in [1.807, 2.05) is 52.9 Å². The van der Waals surface area contributed by atoms with Crippen LogP contribution in [0.15, 0.2) is 58.5 Å². The van der Waals surface area contributed by atoms with Crippen LogP contribution in [0.5, 0.6) is 0 Å². The monoisotopic (exact) mass is 463 g/mol. The van der Waals surface area contributed by atoms with Gasteiger partial charge in [-0.2, -0.15) is 0 Å². The zero-order valence-corrected chi connectivity index (χ0v) is 20.3. The molecule has 2 heterocycles. The molecule has 0 saturated carbocycles. The van der Waals surface area contributed by atoms with Gasteiger partial charge < -0.3 is 5.32 Å². The first kappa shape index (κ1) is 23.0. The number of aromatic nitrogens is 4. The molecular weight excluding hydrogens is 434 g/mol.